The van der Waals surface area contributed by atoms with E-state index >= 15 is 0 Å². The van der Waals surface area contributed by atoms with Gasteiger partial charge in [-0.3, -0.25) is 4.90 Å². The van der Waals surface area contributed by atoms with E-state index in [1.165, 1.54) is 38.5 Å². The van der Waals surface area contributed by atoms with Gasteiger partial charge in [0.25, 0.3) is 0 Å². The molecular weight excluding hydrogens is 224 g/mol. The van der Waals surface area contributed by atoms with Crippen molar-refractivity contribution in [1.29, 1.82) is 0 Å². The number of hydrogen-bond donors (Lipinski definition) is 1. The Labute approximate surface area is 113 Å². The predicted octanol–water partition coefficient (Wildman–Crippen LogP) is 2.64. The monoisotopic (exact) mass is 256 g/mol. The Bertz CT molecular complexity index is 215. The molecule has 1 saturated carbocycles. The molecule has 1 atom stereocenters. The normalized spacial score (nSPS) is 21.2. The standard InChI is InChI=1S/C15H32N2O/c1-4-14(2)17(10-11-18-3)13-15(12-16)8-6-5-7-9-15/h14H,4-13,16H2,1-3H3. The van der Waals surface area contributed by atoms with Gasteiger partial charge < -0.3 is 10.5 Å². The summed E-state index contributed by atoms with van der Waals surface area (Å²) in [5.41, 5.74) is 6.47. The third-order valence-corrected chi connectivity index (χ3v) is 4.68. The highest BCUT2D eigenvalue weighted by Gasteiger charge is 2.33. The highest BCUT2D eigenvalue weighted by atomic mass is 16.5. The summed E-state index contributed by atoms with van der Waals surface area (Å²) in [6.45, 7) is 8.44. The molecule has 2 N–H and O–H groups in total. The number of nitrogens with two attached hydrogens (primary N) is 1. The van der Waals surface area contributed by atoms with Gasteiger partial charge in [0, 0.05) is 26.2 Å². The van der Waals surface area contributed by atoms with Crippen LogP contribution in [-0.2, 0) is 4.74 Å². The van der Waals surface area contributed by atoms with Crippen LogP contribution in [0.3, 0.4) is 0 Å². The van der Waals surface area contributed by atoms with Crippen LogP contribution in [0.2, 0.25) is 0 Å². The van der Waals surface area contributed by atoms with Crippen LogP contribution in [0.25, 0.3) is 0 Å². The Morgan fingerprint density at radius 3 is 2.44 bits per heavy atom. The summed E-state index contributed by atoms with van der Waals surface area (Å²) in [5, 5.41) is 0. The van der Waals surface area contributed by atoms with Crippen LogP contribution in [0.4, 0.5) is 0 Å². The van der Waals surface area contributed by atoms with Crippen molar-refractivity contribution < 1.29 is 4.74 Å². The van der Waals surface area contributed by atoms with Crippen LogP contribution in [0.15, 0.2) is 0 Å². The third kappa shape index (κ3) is 4.52. The van der Waals surface area contributed by atoms with Crippen molar-refractivity contribution in [1.82, 2.24) is 4.90 Å². The van der Waals surface area contributed by atoms with Crippen molar-refractivity contribution in [2.75, 3.05) is 33.4 Å². The minimum absolute atomic E-state index is 0.370. The zero-order valence-corrected chi connectivity index (χ0v) is 12.6. The molecule has 0 saturated heterocycles. The molecule has 3 heteroatoms. The summed E-state index contributed by atoms with van der Waals surface area (Å²) in [5.74, 6) is 0. The second-order valence-electron chi connectivity index (χ2n) is 5.99. The summed E-state index contributed by atoms with van der Waals surface area (Å²) >= 11 is 0. The van der Waals surface area contributed by atoms with Crippen LogP contribution in [-0.4, -0.2) is 44.3 Å². The van der Waals surface area contributed by atoms with E-state index in [1.54, 1.807) is 7.11 Å². The van der Waals surface area contributed by atoms with Crippen LogP contribution >= 0.6 is 0 Å². The van der Waals surface area contributed by atoms with Gasteiger partial charge in [0.05, 0.1) is 6.61 Å². The molecule has 1 unspecified atom stereocenters. The van der Waals surface area contributed by atoms with Gasteiger partial charge >= 0.3 is 0 Å². The van der Waals surface area contributed by atoms with E-state index in [1.807, 2.05) is 0 Å². The molecule has 0 radical (unpaired) electrons. The van der Waals surface area contributed by atoms with Gasteiger partial charge in [-0.25, -0.2) is 0 Å². The Morgan fingerprint density at radius 1 is 1.28 bits per heavy atom. The zero-order chi connectivity index (χ0) is 13.4. The van der Waals surface area contributed by atoms with Crippen molar-refractivity contribution >= 4 is 0 Å². The average molecular weight is 256 g/mol. The minimum Gasteiger partial charge on any atom is -0.383 e. The maximum Gasteiger partial charge on any atom is 0.0589 e. The van der Waals surface area contributed by atoms with Crippen molar-refractivity contribution in [2.45, 2.75) is 58.4 Å². The molecule has 0 heterocycles. The molecule has 0 aliphatic heterocycles. The van der Waals surface area contributed by atoms with Crippen LogP contribution in [0.1, 0.15) is 52.4 Å². The molecule has 1 aliphatic rings. The molecule has 0 aromatic heterocycles. The van der Waals surface area contributed by atoms with Gasteiger partial charge in [-0.15, -0.1) is 0 Å². The Hall–Kier alpha value is -0.120. The lowest BCUT2D eigenvalue weighted by Gasteiger charge is -2.42. The molecule has 0 amide bonds. The third-order valence-electron chi connectivity index (χ3n) is 4.68. The molecular formula is C15H32N2O. The molecule has 18 heavy (non-hydrogen) atoms. The fourth-order valence-electron chi connectivity index (χ4n) is 3.08. The summed E-state index contributed by atoms with van der Waals surface area (Å²) < 4.78 is 5.25. The number of nitrogens with zero attached hydrogens (tertiary/aromatic N) is 1. The van der Waals surface area contributed by atoms with E-state index in [0.717, 1.165) is 26.2 Å². The largest absolute Gasteiger partial charge is 0.383 e. The lowest BCUT2D eigenvalue weighted by molar-refractivity contribution is 0.0607. The second-order valence-corrected chi connectivity index (χ2v) is 5.99. The van der Waals surface area contributed by atoms with Gasteiger partial charge in [0.2, 0.25) is 0 Å². The summed E-state index contributed by atoms with van der Waals surface area (Å²) in [6.07, 6.45) is 7.92. The van der Waals surface area contributed by atoms with Gasteiger partial charge in [0.15, 0.2) is 0 Å². The molecule has 1 rings (SSSR count). The molecule has 108 valence electrons. The van der Waals surface area contributed by atoms with E-state index in [4.69, 9.17) is 10.5 Å². The second kappa shape index (κ2) is 8.13. The molecule has 3 nitrogen and oxygen atoms in total. The molecule has 0 spiro atoms. The first-order valence-corrected chi connectivity index (χ1v) is 7.60. The van der Waals surface area contributed by atoms with Crippen LogP contribution in [0.5, 0.6) is 0 Å². The summed E-state index contributed by atoms with van der Waals surface area (Å²) in [7, 11) is 1.79. The van der Waals surface area contributed by atoms with Gasteiger partial charge in [0.1, 0.15) is 0 Å². The van der Waals surface area contributed by atoms with Gasteiger partial charge in [-0.05, 0) is 38.1 Å². The van der Waals surface area contributed by atoms with E-state index in [9.17, 15) is 0 Å². The molecule has 1 aliphatic carbocycles. The first kappa shape index (κ1) is 15.9. The Kier molecular flexibility index (Phi) is 7.20. The van der Waals surface area contributed by atoms with Crippen molar-refractivity contribution in [2.24, 2.45) is 11.1 Å². The lowest BCUT2D eigenvalue weighted by Crippen LogP contribution is -2.47. The Morgan fingerprint density at radius 2 is 1.94 bits per heavy atom. The topological polar surface area (TPSA) is 38.5 Å². The van der Waals surface area contributed by atoms with Crippen molar-refractivity contribution in [3.05, 3.63) is 0 Å². The smallest absolute Gasteiger partial charge is 0.0589 e. The fourth-order valence-corrected chi connectivity index (χ4v) is 3.08. The van der Waals surface area contributed by atoms with Crippen molar-refractivity contribution in [3.63, 3.8) is 0 Å². The maximum absolute atomic E-state index is 6.10. The van der Waals surface area contributed by atoms with Gasteiger partial charge in [-0.1, -0.05) is 26.2 Å². The van der Waals surface area contributed by atoms with E-state index < -0.39 is 0 Å². The van der Waals surface area contributed by atoms with Crippen molar-refractivity contribution in [3.8, 4) is 0 Å². The zero-order valence-electron chi connectivity index (χ0n) is 12.6. The molecule has 0 aromatic carbocycles. The highest BCUT2D eigenvalue weighted by Crippen LogP contribution is 2.36. The van der Waals surface area contributed by atoms with E-state index in [-0.39, 0.29) is 0 Å². The van der Waals surface area contributed by atoms with Crippen LogP contribution < -0.4 is 5.73 Å². The first-order valence-electron chi connectivity index (χ1n) is 7.60. The molecule has 0 bridgehead atoms. The number of methoxy groups -OCH3 is 1. The molecule has 0 aromatic rings. The summed E-state index contributed by atoms with van der Waals surface area (Å²) in [4.78, 5) is 2.58. The average Bonchev–Trinajstić information content (AvgIpc) is 2.43. The highest BCUT2D eigenvalue weighted by molar-refractivity contribution is 4.88. The van der Waals surface area contributed by atoms with Gasteiger partial charge in [-0.2, -0.15) is 0 Å². The Balaban J connectivity index is 2.60. The van der Waals surface area contributed by atoms with E-state index in [0.29, 0.717) is 11.5 Å². The minimum atomic E-state index is 0.370. The predicted molar refractivity (Wildman–Crippen MR) is 77.8 cm³/mol. The number of rotatable bonds is 8. The summed E-state index contributed by atoms with van der Waals surface area (Å²) in [6, 6.07) is 0.630. The van der Waals surface area contributed by atoms with E-state index in [2.05, 4.69) is 18.7 Å². The quantitative estimate of drug-likeness (QED) is 0.725. The lowest BCUT2D eigenvalue weighted by atomic mass is 9.73. The SMILES string of the molecule is CCC(C)N(CCOC)CC1(CN)CCCCC1. The fraction of sp³-hybridized carbons (Fsp3) is 1.00. The molecule has 1 fully saturated rings. The van der Waals surface area contributed by atoms with Crippen LogP contribution in [0, 0.1) is 5.41 Å². The number of hydrogen-bond acceptors (Lipinski definition) is 3. The maximum atomic E-state index is 6.10. The number of ether oxygens (including phenoxy) is 1. The first-order chi connectivity index (χ1) is 8.67.